The van der Waals surface area contributed by atoms with Crippen LogP contribution >= 0.6 is 0 Å². The van der Waals surface area contributed by atoms with Crippen molar-refractivity contribution >= 4 is 58.1 Å². The highest BCUT2D eigenvalue weighted by atomic mass is 16.4. The Morgan fingerprint density at radius 3 is 2.32 bits per heavy atom. The van der Waals surface area contributed by atoms with Crippen molar-refractivity contribution in [3.63, 3.8) is 0 Å². The quantitative estimate of drug-likeness (QED) is 0.128. The second-order valence-electron chi connectivity index (χ2n) is 11.4. The van der Waals surface area contributed by atoms with Crippen LogP contribution in [0.5, 0.6) is 0 Å². The van der Waals surface area contributed by atoms with Crippen molar-refractivity contribution < 1.29 is 24.3 Å². The topological polar surface area (TPSA) is 159 Å². The van der Waals surface area contributed by atoms with E-state index >= 15 is 0 Å². The van der Waals surface area contributed by atoms with Crippen LogP contribution in [0.15, 0.2) is 66.7 Å². The number of benzene rings is 3. The number of hydrogen-bond donors (Lipinski definition) is 5. The number of nitrogens with zero attached hydrogens (tertiary/aromatic N) is 2. The van der Waals surface area contributed by atoms with Crippen molar-refractivity contribution in [1.82, 2.24) is 9.47 Å². The van der Waals surface area contributed by atoms with E-state index in [0.717, 1.165) is 11.3 Å². The van der Waals surface area contributed by atoms with Crippen LogP contribution in [0.1, 0.15) is 68.8 Å². The molecule has 11 nitrogen and oxygen atoms in total. The Hall–Kier alpha value is -5.68. The largest absolute Gasteiger partial charge is 0.478 e. The molecule has 4 aromatic rings. The maximum Gasteiger partial charge on any atom is 0.337 e. The number of para-hydroxylation sites is 1. The van der Waals surface area contributed by atoms with E-state index in [9.17, 15) is 24.3 Å². The molecule has 0 radical (unpaired) electrons. The average Bonchev–Trinajstić information content (AvgIpc) is 3.49. The zero-order valence-electron chi connectivity index (χ0n) is 27.0. The number of carbonyl (C=O) groups is 4. The molecule has 6 N–H and O–H groups in total. The van der Waals surface area contributed by atoms with Gasteiger partial charge in [-0.05, 0) is 81.4 Å². The molecule has 1 aliphatic heterocycles. The summed E-state index contributed by atoms with van der Waals surface area (Å²) in [4.78, 5) is 53.3. The molecule has 0 spiro atoms. The smallest absolute Gasteiger partial charge is 0.337 e. The van der Waals surface area contributed by atoms with Crippen LogP contribution in [0, 0.1) is 20.8 Å². The SMILES string of the molecule is CCN(CC)C(C(N)=O)n1c(C)c(C(=O)O)c(C)c1C=C1C(=O)Nc2c(Nc3cc(NC(=O)c4ccccc4)ccc3C)cccc21. The number of carbonyl (C=O) groups excluding carboxylic acids is 3. The summed E-state index contributed by atoms with van der Waals surface area (Å²) in [5, 5.41) is 19.4. The highest BCUT2D eigenvalue weighted by molar-refractivity contribution is 6.36. The predicted molar refractivity (Wildman–Crippen MR) is 184 cm³/mol. The van der Waals surface area contributed by atoms with Crippen molar-refractivity contribution in [1.29, 1.82) is 0 Å². The molecule has 0 saturated carbocycles. The van der Waals surface area contributed by atoms with Gasteiger partial charge in [0, 0.05) is 33.9 Å². The summed E-state index contributed by atoms with van der Waals surface area (Å²) >= 11 is 0. The molecule has 3 aromatic carbocycles. The zero-order chi connectivity index (χ0) is 34.0. The van der Waals surface area contributed by atoms with Gasteiger partial charge < -0.3 is 31.4 Å². The maximum absolute atomic E-state index is 13.5. The number of primary amides is 1. The number of aryl methyl sites for hydroxylation is 1. The molecule has 1 atom stereocenters. The maximum atomic E-state index is 13.5. The molecule has 0 saturated heterocycles. The van der Waals surface area contributed by atoms with E-state index in [1.165, 1.54) is 0 Å². The molecule has 11 heteroatoms. The van der Waals surface area contributed by atoms with Gasteiger partial charge in [0.15, 0.2) is 6.17 Å². The van der Waals surface area contributed by atoms with E-state index in [2.05, 4.69) is 16.0 Å². The van der Waals surface area contributed by atoms with Crippen molar-refractivity contribution in [2.24, 2.45) is 5.73 Å². The second-order valence-corrected chi connectivity index (χ2v) is 11.4. The second kappa shape index (κ2) is 13.4. The van der Waals surface area contributed by atoms with Crippen molar-refractivity contribution in [2.75, 3.05) is 29.0 Å². The number of aromatic carboxylic acids is 1. The van der Waals surface area contributed by atoms with Crippen LogP contribution in [0.3, 0.4) is 0 Å². The molecule has 2 heterocycles. The number of carboxylic acid groups (broad SMARTS) is 1. The van der Waals surface area contributed by atoms with Crippen LogP contribution in [0.2, 0.25) is 0 Å². The van der Waals surface area contributed by atoms with Gasteiger partial charge in [0.25, 0.3) is 17.7 Å². The molecule has 242 valence electrons. The fourth-order valence-corrected chi connectivity index (χ4v) is 6.10. The Morgan fingerprint density at radius 2 is 1.68 bits per heavy atom. The van der Waals surface area contributed by atoms with Crippen LogP contribution in [0.25, 0.3) is 11.6 Å². The lowest BCUT2D eigenvalue weighted by atomic mass is 10.0. The lowest BCUT2D eigenvalue weighted by Gasteiger charge is -2.30. The highest BCUT2D eigenvalue weighted by Gasteiger charge is 2.33. The average molecular weight is 635 g/mol. The summed E-state index contributed by atoms with van der Waals surface area (Å²) < 4.78 is 1.62. The molecule has 47 heavy (non-hydrogen) atoms. The molecule has 3 amide bonds. The number of carboxylic acids is 1. The summed E-state index contributed by atoms with van der Waals surface area (Å²) in [5.74, 6) is -2.39. The van der Waals surface area contributed by atoms with E-state index < -0.39 is 18.0 Å². The predicted octanol–water partition coefficient (Wildman–Crippen LogP) is 5.93. The number of aromatic nitrogens is 1. The summed E-state index contributed by atoms with van der Waals surface area (Å²) in [6, 6.07) is 19.9. The lowest BCUT2D eigenvalue weighted by Crippen LogP contribution is -2.42. The first-order valence-corrected chi connectivity index (χ1v) is 15.3. The normalized spacial score (nSPS) is 13.7. The molecule has 1 aromatic heterocycles. The minimum absolute atomic E-state index is 0.0546. The molecule has 5 rings (SSSR count). The van der Waals surface area contributed by atoms with Gasteiger partial charge in [0.1, 0.15) is 0 Å². The Balaban J connectivity index is 1.55. The third-order valence-corrected chi connectivity index (χ3v) is 8.53. The van der Waals surface area contributed by atoms with E-state index in [1.54, 1.807) is 54.8 Å². The first kappa shape index (κ1) is 32.7. The standard InChI is InChI=1S/C36H38N6O5/c1-6-41(7-2)35(32(37)43)42-22(5)30(36(46)47)21(4)29(42)19-26-25-14-11-15-27(31(25)40-34(26)45)39-28-18-24(17-16-20(28)3)38-33(44)23-12-9-8-10-13-23/h8-19,35,39H,6-7H2,1-5H3,(H2,37,43)(H,38,44)(H,40,45)(H,46,47). The molecule has 1 unspecified atom stereocenters. The van der Waals surface area contributed by atoms with Crippen molar-refractivity contribution in [2.45, 2.75) is 40.8 Å². The van der Waals surface area contributed by atoms with Crippen LogP contribution in [-0.2, 0) is 9.59 Å². The third kappa shape index (κ3) is 6.25. The summed E-state index contributed by atoms with van der Waals surface area (Å²) in [6.07, 6.45) is 0.669. The Morgan fingerprint density at radius 1 is 0.979 bits per heavy atom. The Labute approximate surface area is 273 Å². The summed E-state index contributed by atoms with van der Waals surface area (Å²) in [6.45, 7) is 10.0. The fourth-order valence-electron chi connectivity index (χ4n) is 6.10. The van der Waals surface area contributed by atoms with Gasteiger partial charge in [-0.3, -0.25) is 19.3 Å². The van der Waals surface area contributed by atoms with Crippen molar-refractivity contribution in [3.05, 3.63) is 106 Å². The van der Waals surface area contributed by atoms with E-state index in [0.29, 0.717) is 63.8 Å². The number of amides is 3. The molecular formula is C36H38N6O5. The zero-order valence-corrected chi connectivity index (χ0v) is 27.0. The minimum Gasteiger partial charge on any atom is -0.478 e. The van der Waals surface area contributed by atoms with Gasteiger partial charge in [-0.2, -0.15) is 0 Å². The number of anilines is 4. The molecule has 1 aliphatic rings. The van der Waals surface area contributed by atoms with E-state index in [4.69, 9.17) is 5.73 Å². The van der Waals surface area contributed by atoms with Gasteiger partial charge in [-0.25, -0.2) is 4.79 Å². The van der Waals surface area contributed by atoms with Gasteiger partial charge in [-0.1, -0.05) is 50.2 Å². The fraction of sp³-hybridized carbons (Fsp3) is 0.222. The van der Waals surface area contributed by atoms with Crippen molar-refractivity contribution in [3.8, 4) is 0 Å². The summed E-state index contributed by atoms with van der Waals surface area (Å²) in [5.41, 5.74) is 12.0. The van der Waals surface area contributed by atoms with Crippen LogP contribution < -0.4 is 21.7 Å². The number of rotatable bonds is 11. The van der Waals surface area contributed by atoms with Crippen LogP contribution in [0.4, 0.5) is 22.7 Å². The minimum atomic E-state index is -1.14. The van der Waals surface area contributed by atoms with E-state index in [-0.39, 0.29) is 17.4 Å². The van der Waals surface area contributed by atoms with Gasteiger partial charge in [0.05, 0.1) is 22.5 Å². The van der Waals surface area contributed by atoms with Crippen LogP contribution in [-0.4, -0.2) is 51.4 Å². The number of nitrogens with two attached hydrogens (primary N) is 1. The summed E-state index contributed by atoms with van der Waals surface area (Å²) in [7, 11) is 0. The Kier molecular flexibility index (Phi) is 9.29. The number of fused-ring (bicyclic) bond motifs is 1. The molecular weight excluding hydrogens is 596 g/mol. The number of likely N-dealkylation sites (N-methyl/N-ethyl adjacent to an activating group) is 1. The van der Waals surface area contributed by atoms with Gasteiger partial charge in [0.2, 0.25) is 0 Å². The molecule has 0 bridgehead atoms. The van der Waals surface area contributed by atoms with E-state index in [1.807, 2.05) is 62.1 Å². The molecule has 0 fully saturated rings. The lowest BCUT2D eigenvalue weighted by molar-refractivity contribution is -0.126. The highest BCUT2D eigenvalue weighted by Crippen LogP contribution is 2.41. The Bertz CT molecular complexity index is 1920. The van der Waals surface area contributed by atoms with Gasteiger partial charge >= 0.3 is 5.97 Å². The number of nitrogens with one attached hydrogen (secondary N) is 3. The monoisotopic (exact) mass is 634 g/mol. The third-order valence-electron chi connectivity index (χ3n) is 8.53. The van der Waals surface area contributed by atoms with Gasteiger partial charge in [-0.15, -0.1) is 0 Å². The number of hydrogen-bond acceptors (Lipinski definition) is 6. The first-order chi connectivity index (χ1) is 22.5. The molecule has 0 aliphatic carbocycles. The first-order valence-electron chi connectivity index (χ1n) is 15.3.